The summed E-state index contributed by atoms with van der Waals surface area (Å²) < 4.78 is 6.04. The lowest BCUT2D eigenvalue weighted by atomic mass is 10.2. The first-order chi connectivity index (χ1) is 10.8. The fourth-order valence-corrected chi connectivity index (χ4v) is 3.91. The van der Waals surface area contributed by atoms with Crippen molar-refractivity contribution in [2.24, 2.45) is 0 Å². The van der Waals surface area contributed by atoms with Gasteiger partial charge in [0.05, 0.1) is 12.2 Å². The molecule has 7 nitrogen and oxygen atoms in total. The van der Waals surface area contributed by atoms with Crippen LogP contribution in [0.25, 0.3) is 0 Å². The molecule has 0 radical (unpaired) electrons. The average molecular weight is 318 g/mol. The summed E-state index contributed by atoms with van der Waals surface area (Å²) in [6, 6.07) is 0.0361. The number of likely N-dealkylation sites (tertiary alicyclic amines) is 1. The standard InChI is InChI=1S/C14H18N6OS/c21-14(11-9-15-18-22-11)19-8-4-5-10(19)13-17-16-12-6-2-1-3-7-20(12)13/h9-10H,1-8H2/t10-/m0/s1. The number of fused-ring (bicyclic) bond motifs is 1. The van der Waals surface area contributed by atoms with Gasteiger partial charge in [-0.25, -0.2) is 0 Å². The topological polar surface area (TPSA) is 76.8 Å². The summed E-state index contributed by atoms with van der Waals surface area (Å²) in [6.45, 7) is 1.74. The minimum Gasteiger partial charge on any atom is -0.328 e. The highest BCUT2D eigenvalue weighted by atomic mass is 32.1. The van der Waals surface area contributed by atoms with Crippen molar-refractivity contribution in [1.29, 1.82) is 0 Å². The molecule has 116 valence electrons. The number of hydrogen-bond acceptors (Lipinski definition) is 6. The molecule has 8 heteroatoms. The fraction of sp³-hybridized carbons (Fsp3) is 0.643. The van der Waals surface area contributed by atoms with E-state index in [1.807, 2.05) is 4.90 Å². The zero-order valence-corrected chi connectivity index (χ0v) is 13.1. The second kappa shape index (κ2) is 5.75. The number of carbonyl (C=O) groups excluding carboxylic acids is 1. The molecule has 0 unspecified atom stereocenters. The van der Waals surface area contributed by atoms with Gasteiger partial charge in [-0.1, -0.05) is 10.9 Å². The van der Waals surface area contributed by atoms with Crippen LogP contribution >= 0.6 is 11.5 Å². The molecule has 0 N–H and O–H groups in total. The molecule has 4 rings (SSSR count). The van der Waals surface area contributed by atoms with Gasteiger partial charge in [0.15, 0.2) is 5.82 Å². The molecule has 2 aliphatic rings. The zero-order chi connectivity index (χ0) is 14.9. The predicted molar refractivity (Wildman–Crippen MR) is 80.5 cm³/mol. The van der Waals surface area contributed by atoms with Gasteiger partial charge in [0.1, 0.15) is 10.7 Å². The lowest BCUT2D eigenvalue weighted by Gasteiger charge is -2.23. The van der Waals surface area contributed by atoms with Crippen LogP contribution in [0.1, 0.15) is 59.5 Å². The number of aryl methyl sites for hydroxylation is 1. The Morgan fingerprint density at radius 3 is 3.00 bits per heavy atom. The van der Waals surface area contributed by atoms with Crippen LogP contribution < -0.4 is 0 Å². The summed E-state index contributed by atoms with van der Waals surface area (Å²) in [5.41, 5.74) is 0. The van der Waals surface area contributed by atoms with E-state index in [-0.39, 0.29) is 11.9 Å². The largest absolute Gasteiger partial charge is 0.328 e. The van der Waals surface area contributed by atoms with E-state index in [1.165, 1.54) is 12.8 Å². The molecule has 22 heavy (non-hydrogen) atoms. The van der Waals surface area contributed by atoms with E-state index in [4.69, 9.17) is 0 Å². The van der Waals surface area contributed by atoms with Gasteiger partial charge in [-0.2, -0.15) is 0 Å². The van der Waals surface area contributed by atoms with Crippen LogP contribution in [0.5, 0.6) is 0 Å². The molecular weight excluding hydrogens is 300 g/mol. The van der Waals surface area contributed by atoms with Crippen LogP contribution in [0, 0.1) is 0 Å². The molecule has 1 amide bonds. The Bertz CT molecular complexity index is 667. The number of aromatic nitrogens is 5. The molecule has 2 aliphatic heterocycles. The first kappa shape index (κ1) is 13.8. The zero-order valence-electron chi connectivity index (χ0n) is 12.3. The van der Waals surface area contributed by atoms with Crippen molar-refractivity contribution < 1.29 is 4.79 Å². The van der Waals surface area contributed by atoms with E-state index in [0.717, 1.165) is 62.0 Å². The van der Waals surface area contributed by atoms with Gasteiger partial charge in [-0.15, -0.1) is 15.3 Å². The van der Waals surface area contributed by atoms with Gasteiger partial charge in [-0.3, -0.25) is 4.79 Å². The lowest BCUT2D eigenvalue weighted by molar-refractivity contribution is 0.0731. The molecule has 1 fully saturated rings. The minimum absolute atomic E-state index is 0.0171. The Balaban J connectivity index is 1.64. The third kappa shape index (κ3) is 2.31. The number of amides is 1. The van der Waals surface area contributed by atoms with Crippen molar-refractivity contribution in [2.75, 3.05) is 6.54 Å². The normalized spacial score (nSPS) is 21.6. The fourth-order valence-electron chi connectivity index (χ4n) is 3.44. The lowest BCUT2D eigenvalue weighted by Crippen LogP contribution is -2.31. The van der Waals surface area contributed by atoms with Crippen molar-refractivity contribution in [3.8, 4) is 0 Å². The number of carbonyl (C=O) groups is 1. The Kier molecular flexibility index (Phi) is 3.61. The molecule has 1 atom stereocenters. The van der Waals surface area contributed by atoms with Gasteiger partial charge in [0, 0.05) is 19.5 Å². The third-order valence-electron chi connectivity index (χ3n) is 4.52. The Morgan fingerprint density at radius 2 is 2.14 bits per heavy atom. The third-order valence-corrected chi connectivity index (χ3v) is 5.17. The maximum Gasteiger partial charge on any atom is 0.267 e. The van der Waals surface area contributed by atoms with Crippen LogP contribution in [-0.2, 0) is 13.0 Å². The molecule has 0 aromatic carbocycles. The van der Waals surface area contributed by atoms with Crippen molar-refractivity contribution >= 4 is 17.4 Å². The van der Waals surface area contributed by atoms with Crippen LogP contribution in [0.15, 0.2) is 6.20 Å². The first-order valence-electron chi connectivity index (χ1n) is 7.85. The molecule has 4 heterocycles. The molecule has 1 saturated heterocycles. The second-order valence-electron chi connectivity index (χ2n) is 5.88. The van der Waals surface area contributed by atoms with E-state index in [9.17, 15) is 4.79 Å². The molecule has 2 aromatic rings. The summed E-state index contributed by atoms with van der Waals surface area (Å²) in [7, 11) is 0. The second-order valence-corrected chi connectivity index (χ2v) is 6.66. The van der Waals surface area contributed by atoms with Crippen molar-refractivity contribution in [1.82, 2.24) is 29.3 Å². The van der Waals surface area contributed by atoms with Crippen LogP contribution in [0.2, 0.25) is 0 Å². The van der Waals surface area contributed by atoms with Crippen molar-refractivity contribution in [2.45, 2.75) is 51.1 Å². The average Bonchev–Trinajstić information content (AvgIpc) is 3.24. The summed E-state index contributed by atoms with van der Waals surface area (Å²) in [5.74, 6) is 2.05. The monoisotopic (exact) mass is 318 g/mol. The number of nitrogens with zero attached hydrogens (tertiary/aromatic N) is 6. The van der Waals surface area contributed by atoms with E-state index >= 15 is 0 Å². The molecule has 0 saturated carbocycles. The molecule has 0 bridgehead atoms. The molecule has 0 spiro atoms. The smallest absolute Gasteiger partial charge is 0.267 e. The Hall–Kier alpha value is -1.83. The SMILES string of the molecule is O=C(c1cnns1)N1CCC[C@H]1c1nnc2n1CCCCC2. The maximum atomic E-state index is 12.6. The first-order valence-corrected chi connectivity index (χ1v) is 8.62. The van der Waals surface area contributed by atoms with Gasteiger partial charge < -0.3 is 9.47 Å². The van der Waals surface area contributed by atoms with Crippen molar-refractivity contribution in [3.63, 3.8) is 0 Å². The highest BCUT2D eigenvalue weighted by Gasteiger charge is 2.35. The van der Waals surface area contributed by atoms with E-state index < -0.39 is 0 Å². The van der Waals surface area contributed by atoms with Crippen LogP contribution in [-0.4, -0.2) is 41.7 Å². The van der Waals surface area contributed by atoms with Crippen LogP contribution in [0.3, 0.4) is 0 Å². The van der Waals surface area contributed by atoms with E-state index in [1.54, 1.807) is 6.20 Å². The summed E-state index contributed by atoms with van der Waals surface area (Å²) in [6.07, 6.45) is 8.08. The quantitative estimate of drug-likeness (QED) is 0.844. The summed E-state index contributed by atoms with van der Waals surface area (Å²) >= 11 is 1.15. The summed E-state index contributed by atoms with van der Waals surface area (Å²) in [5, 5.41) is 12.6. The Morgan fingerprint density at radius 1 is 1.18 bits per heavy atom. The number of hydrogen-bond donors (Lipinski definition) is 0. The van der Waals surface area contributed by atoms with Crippen LogP contribution in [0.4, 0.5) is 0 Å². The van der Waals surface area contributed by atoms with E-state index in [2.05, 4.69) is 24.4 Å². The van der Waals surface area contributed by atoms with Crippen molar-refractivity contribution in [3.05, 3.63) is 22.7 Å². The summed E-state index contributed by atoms with van der Waals surface area (Å²) in [4.78, 5) is 15.2. The number of rotatable bonds is 2. The van der Waals surface area contributed by atoms with Gasteiger partial charge >= 0.3 is 0 Å². The molecule has 2 aromatic heterocycles. The van der Waals surface area contributed by atoms with Gasteiger partial charge in [-0.05, 0) is 37.2 Å². The highest BCUT2D eigenvalue weighted by molar-refractivity contribution is 7.07. The van der Waals surface area contributed by atoms with Gasteiger partial charge in [0.25, 0.3) is 5.91 Å². The van der Waals surface area contributed by atoms with Gasteiger partial charge in [0.2, 0.25) is 0 Å². The maximum absolute atomic E-state index is 12.6. The Labute approximate surface area is 132 Å². The van der Waals surface area contributed by atoms with E-state index in [0.29, 0.717) is 4.88 Å². The highest BCUT2D eigenvalue weighted by Crippen LogP contribution is 2.33. The molecule has 0 aliphatic carbocycles. The minimum atomic E-state index is 0.0171. The predicted octanol–water partition coefficient (Wildman–Crippen LogP) is 1.83. The molecular formula is C14H18N6OS.